The van der Waals surface area contributed by atoms with Crippen LogP contribution in [-0.4, -0.2) is 23.9 Å². The SMILES string of the molecule is C[C@@H](C(=O)Nc1ccc(C#N)c(Cl)c1)N(C)Cc1cccs1. The van der Waals surface area contributed by atoms with Crippen LogP contribution < -0.4 is 5.32 Å². The number of hydrogen-bond acceptors (Lipinski definition) is 4. The van der Waals surface area contributed by atoms with Crippen molar-refractivity contribution in [3.05, 3.63) is 51.2 Å². The largest absolute Gasteiger partial charge is 0.325 e. The van der Waals surface area contributed by atoms with Crippen molar-refractivity contribution in [2.24, 2.45) is 0 Å². The first-order valence-electron chi connectivity index (χ1n) is 6.74. The van der Waals surface area contributed by atoms with E-state index < -0.39 is 0 Å². The van der Waals surface area contributed by atoms with Gasteiger partial charge < -0.3 is 5.32 Å². The third kappa shape index (κ3) is 4.08. The van der Waals surface area contributed by atoms with Crippen molar-refractivity contribution >= 4 is 34.5 Å². The molecular formula is C16H16ClN3OS. The monoisotopic (exact) mass is 333 g/mol. The van der Waals surface area contributed by atoms with Gasteiger partial charge in [-0.15, -0.1) is 11.3 Å². The molecule has 1 aromatic carbocycles. The molecule has 2 rings (SSSR count). The Labute approximate surface area is 138 Å². The van der Waals surface area contributed by atoms with Gasteiger partial charge in [0.1, 0.15) is 6.07 Å². The van der Waals surface area contributed by atoms with E-state index in [0.717, 1.165) is 6.54 Å². The second-order valence-electron chi connectivity index (χ2n) is 4.97. The van der Waals surface area contributed by atoms with E-state index in [-0.39, 0.29) is 11.9 Å². The Bertz CT molecular complexity index is 694. The maximum Gasteiger partial charge on any atom is 0.241 e. The van der Waals surface area contributed by atoms with Gasteiger partial charge in [0.15, 0.2) is 0 Å². The number of thiophene rings is 1. The Balaban J connectivity index is 1.99. The molecule has 0 unspecified atom stereocenters. The average molecular weight is 334 g/mol. The van der Waals surface area contributed by atoms with Crippen LogP contribution in [0.1, 0.15) is 17.4 Å². The number of nitrogens with one attached hydrogen (secondary N) is 1. The highest BCUT2D eigenvalue weighted by molar-refractivity contribution is 7.09. The van der Waals surface area contributed by atoms with Gasteiger partial charge in [-0.2, -0.15) is 5.26 Å². The molecular weight excluding hydrogens is 318 g/mol. The fourth-order valence-corrected chi connectivity index (χ4v) is 2.91. The summed E-state index contributed by atoms with van der Waals surface area (Å²) in [5, 5.41) is 14.0. The fraction of sp³-hybridized carbons (Fsp3) is 0.250. The lowest BCUT2D eigenvalue weighted by Crippen LogP contribution is -2.39. The third-order valence-electron chi connectivity index (χ3n) is 3.38. The quantitative estimate of drug-likeness (QED) is 0.907. The molecule has 1 heterocycles. The number of halogens is 1. The molecule has 0 spiro atoms. The molecule has 6 heteroatoms. The van der Waals surface area contributed by atoms with Crippen molar-refractivity contribution < 1.29 is 4.79 Å². The molecule has 1 N–H and O–H groups in total. The topological polar surface area (TPSA) is 56.1 Å². The average Bonchev–Trinajstić information content (AvgIpc) is 2.99. The first-order valence-corrected chi connectivity index (χ1v) is 8.00. The molecule has 0 saturated carbocycles. The second-order valence-corrected chi connectivity index (χ2v) is 6.41. The summed E-state index contributed by atoms with van der Waals surface area (Å²) in [7, 11) is 1.91. The summed E-state index contributed by atoms with van der Waals surface area (Å²) >= 11 is 7.64. The summed E-state index contributed by atoms with van der Waals surface area (Å²) in [5.41, 5.74) is 0.980. The van der Waals surface area contributed by atoms with Crippen molar-refractivity contribution in [2.75, 3.05) is 12.4 Å². The molecule has 0 fully saturated rings. The molecule has 0 aliphatic heterocycles. The highest BCUT2D eigenvalue weighted by atomic mass is 35.5. The van der Waals surface area contributed by atoms with Crippen LogP contribution in [0.5, 0.6) is 0 Å². The third-order valence-corrected chi connectivity index (χ3v) is 4.56. The zero-order valence-electron chi connectivity index (χ0n) is 12.3. The maximum atomic E-state index is 12.3. The van der Waals surface area contributed by atoms with Crippen LogP contribution in [0.4, 0.5) is 5.69 Å². The minimum absolute atomic E-state index is 0.111. The number of likely N-dealkylation sites (N-methyl/N-ethyl adjacent to an activating group) is 1. The lowest BCUT2D eigenvalue weighted by Gasteiger charge is -2.23. The van der Waals surface area contributed by atoms with Crippen molar-refractivity contribution in [3.8, 4) is 6.07 Å². The predicted molar refractivity (Wildman–Crippen MR) is 90.0 cm³/mol. The van der Waals surface area contributed by atoms with Gasteiger partial charge in [0.25, 0.3) is 0 Å². The van der Waals surface area contributed by atoms with Crippen LogP contribution in [-0.2, 0) is 11.3 Å². The Morgan fingerprint density at radius 3 is 2.86 bits per heavy atom. The number of carbonyl (C=O) groups excluding carboxylic acids is 1. The van der Waals surface area contributed by atoms with Crippen LogP contribution in [0.2, 0.25) is 5.02 Å². The highest BCUT2D eigenvalue weighted by Gasteiger charge is 2.18. The molecule has 4 nitrogen and oxygen atoms in total. The molecule has 1 amide bonds. The lowest BCUT2D eigenvalue weighted by atomic mass is 10.2. The predicted octanol–water partition coefficient (Wildman–Crippen LogP) is 3.73. The number of hydrogen-bond donors (Lipinski definition) is 1. The summed E-state index contributed by atoms with van der Waals surface area (Å²) in [5.74, 6) is -0.111. The normalized spacial score (nSPS) is 12.0. The molecule has 114 valence electrons. The van der Waals surface area contributed by atoms with Crippen LogP contribution in [0, 0.1) is 11.3 Å². The molecule has 0 aliphatic carbocycles. The summed E-state index contributed by atoms with van der Waals surface area (Å²) in [4.78, 5) is 15.5. The van der Waals surface area contributed by atoms with Crippen molar-refractivity contribution in [1.82, 2.24) is 4.90 Å². The molecule has 22 heavy (non-hydrogen) atoms. The molecule has 0 radical (unpaired) electrons. The number of benzene rings is 1. The van der Waals surface area contributed by atoms with E-state index in [4.69, 9.17) is 16.9 Å². The van der Waals surface area contributed by atoms with E-state index in [1.165, 1.54) is 4.88 Å². The second kappa shape index (κ2) is 7.41. The zero-order chi connectivity index (χ0) is 16.1. The first-order chi connectivity index (χ1) is 10.5. The minimum Gasteiger partial charge on any atom is -0.325 e. The van der Waals surface area contributed by atoms with Crippen LogP contribution >= 0.6 is 22.9 Å². The van der Waals surface area contributed by atoms with E-state index in [2.05, 4.69) is 5.32 Å². The van der Waals surface area contributed by atoms with Gasteiger partial charge in [-0.1, -0.05) is 17.7 Å². The van der Waals surface area contributed by atoms with Crippen LogP contribution in [0.25, 0.3) is 0 Å². The Kier molecular flexibility index (Phi) is 5.56. The zero-order valence-corrected chi connectivity index (χ0v) is 13.9. The number of nitrogens with zero attached hydrogens (tertiary/aromatic N) is 2. The van der Waals surface area contributed by atoms with Gasteiger partial charge in [0.2, 0.25) is 5.91 Å². The standard InChI is InChI=1S/C16H16ClN3OS/c1-11(20(2)10-14-4-3-7-22-14)16(21)19-13-6-5-12(9-18)15(17)8-13/h3-8,11H,10H2,1-2H3,(H,19,21)/t11-/m0/s1. The molecule has 0 aliphatic rings. The molecule has 0 bridgehead atoms. The molecule has 1 aromatic heterocycles. The Morgan fingerprint density at radius 1 is 1.50 bits per heavy atom. The summed E-state index contributed by atoms with van der Waals surface area (Å²) < 4.78 is 0. The van der Waals surface area contributed by atoms with Crippen molar-refractivity contribution in [2.45, 2.75) is 19.5 Å². The van der Waals surface area contributed by atoms with Crippen molar-refractivity contribution in [3.63, 3.8) is 0 Å². The maximum absolute atomic E-state index is 12.3. The lowest BCUT2D eigenvalue weighted by molar-refractivity contribution is -0.120. The summed E-state index contributed by atoms with van der Waals surface area (Å²) in [6.07, 6.45) is 0. The number of amides is 1. The van der Waals surface area contributed by atoms with Crippen LogP contribution in [0.15, 0.2) is 35.7 Å². The van der Waals surface area contributed by atoms with E-state index in [1.807, 2.05) is 42.5 Å². The van der Waals surface area contributed by atoms with E-state index >= 15 is 0 Å². The number of anilines is 1. The van der Waals surface area contributed by atoms with Gasteiger partial charge >= 0.3 is 0 Å². The molecule has 2 aromatic rings. The van der Waals surface area contributed by atoms with Crippen LogP contribution in [0.3, 0.4) is 0 Å². The number of rotatable bonds is 5. The molecule has 1 atom stereocenters. The number of nitriles is 1. The van der Waals surface area contributed by atoms with Gasteiger partial charge in [-0.05, 0) is 43.6 Å². The smallest absolute Gasteiger partial charge is 0.241 e. The molecule has 0 saturated heterocycles. The van der Waals surface area contributed by atoms with Crippen molar-refractivity contribution in [1.29, 1.82) is 5.26 Å². The number of carbonyl (C=O) groups is 1. The summed E-state index contributed by atoms with van der Waals surface area (Å²) in [6, 6.07) is 10.6. The van der Waals surface area contributed by atoms with Gasteiger partial charge in [-0.3, -0.25) is 9.69 Å². The summed E-state index contributed by atoms with van der Waals surface area (Å²) in [6.45, 7) is 2.58. The van der Waals surface area contributed by atoms with Gasteiger partial charge in [0.05, 0.1) is 16.6 Å². The first kappa shape index (κ1) is 16.5. The van der Waals surface area contributed by atoms with E-state index in [1.54, 1.807) is 29.5 Å². The van der Waals surface area contributed by atoms with E-state index in [0.29, 0.717) is 16.3 Å². The van der Waals surface area contributed by atoms with E-state index in [9.17, 15) is 4.79 Å². The fourth-order valence-electron chi connectivity index (χ4n) is 1.92. The van der Waals surface area contributed by atoms with Gasteiger partial charge in [-0.25, -0.2) is 0 Å². The van der Waals surface area contributed by atoms with Gasteiger partial charge in [0, 0.05) is 17.1 Å². The Hall–Kier alpha value is -1.87. The highest BCUT2D eigenvalue weighted by Crippen LogP contribution is 2.20. The minimum atomic E-state index is -0.281. The Morgan fingerprint density at radius 2 is 2.27 bits per heavy atom.